The smallest absolute Gasteiger partial charge is 0.356 e. The molecule has 39 heavy (non-hydrogen) atoms. The Labute approximate surface area is 223 Å². The number of aliphatic hydroxyl groups is 1. The number of anilines is 1. The summed E-state index contributed by atoms with van der Waals surface area (Å²) in [5.41, 5.74) is 7.31. The van der Waals surface area contributed by atoms with E-state index in [1.807, 2.05) is 16.9 Å². The Kier molecular flexibility index (Phi) is 5.78. The molecule has 1 aromatic carbocycles. The number of nitriles is 1. The Bertz CT molecular complexity index is 1840. The maximum absolute atomic E-state index is 11.9. The lowest BCUT2D eigenvalue weighted by molar-refractivity contribution is 0.0692. The molecule has 0 atom stereocenters. The Balaban J connectivity index is 1.53. The number of hydrogen-bond donors (Lipinski definition) is 4. The number of carbonyl (C=O) groups is 2. The molecule has 0 spiro atoms. The summed E-state index contributed by atoms with van der Waals surface area (Å²) in [7, 11) is 0. The number of benzene rings is 1. The van der Waals surface area contributed by atoms with Gasteiger partial charge in [0.05, 0.1) is 45.8 Å². The predicted molar refractivity (Wildman–Crippen MR) is 140 cm³/mol. The van der Waals surface area contributed by atoms with Crippen molar-refractivity contribution in [3.63, 3.8) is 0 Å². The Morgan fingerprint density at radius 1 is 1.15 bits per heavy atom. The second kappa shape index (κ2) is 9.19. The van der Waals surface area contributed by atoms with E-state index in [1.165, 1.54) is 0 Å². The van der Waals surface area contributed by atoms with Crippen LogP contribution in [0.5, 0.6) is 0 Å². The molecular formula is C26H20N6O6S. The number of hydrogen-bond acceptors (Lipinski definition) is 10. The molecule has 0 bridgehead atoms. The van der Waals surface area contributed by atoms with Crippen LogP contribution in [0.1, 0.15) is 58.1 Å². The molecule has 0 radical (unpaired) electrons. The van der Waals surface area contributed by atoms with Crippen molar-refractivity contribution in [1.82, 2.24) is 19.1 Å². The van der Waals surface area contributed by atoms with Gasteiger partial charge in [-0.25, -0.2) is 14.6 Å². The number of nitrogens with zero attached hydrogens (tertiary/aromatic N) is 5. The monoisotopic (exact) mass is 544 g/mol. The normalized spacial score (nSPS) is 17.4. The zero-order valence-electron chi connectivity index (χ0n) is 20.2. The molecule has 196 valence electrons. The van der Waals surface area contributed by atoms with Crippen LogP contribution in [0.25, 0.3) is 43.5 Å². The van der Waals surface area contributed by atoms with E-state index in [0.717, 1.165) is 48.8 Å². The standard InChI is InChI=1S/C26H20N6O6S/c27-7-11-5-16(25(34)35)20-21(26(36)37)31-39-23(20)19(11)18-6-15-17(9-29-24(28)22(15)38-18)12-8-30-32(10-12)13-1-3-14(33)4-2-13/h5-6,8-10,13-14,33H,1-4H2,(H2,28,29)(H,34,35)(H,36,37). The van der Waals surface area contributed by atoms with Crippen molar-refractivity contribution in [2.75, 3.05) is 5.73 Å². The van der Waals surface area contributed by atoms with Gasteiger partial charge in [-0.3, -0.25) is 4.68 Å². The number of pyridine rings is 1. The summed E-state index contributed by atoms with van der Waals surface area (Å²) in [6.45, 7) is 0. The highest BCUT2D eigenvalue weighted by Gasteiger charge is 2.28. The highest BCUT2D eigenvalue weighted by molar-refractivity contribution is 7.14. The van der Waals surface area contributed by atoms with Gasteiger partial charge in [-0.2, -0.15) is 14.7 Å². The summed E-state index contributed by atoms with van der Waals surface area (Å²) in [5, 5.41) is 44.1. The third kappa shape index (κ3) is 3.97. The first kappa shape index (κ1) is 24.5. The topological polar surface area (TPSA) is 201 Å². The minimum absolute atomic E-state index is 0.0140. The predicted octanol–water partition coefficient (Wildman–Crippen LogP) is 4.29. The minimum atomic E-state index is -1.38. The fraction of sp³-hybridized carbons (Fsp3) is 0.231. The third-order valence-corrected chi connectivity index (χ3v) is 7.95. The number of aliphatic hydroxyl groups excluding tert-OH is 1. The van der Waals surface area contributed by atoms with Crippen LogP contribution in [0.2, 0.25) is 0 Å². The Hall–Kier alpha value is -4.80. The number of furan rings is 1. The van der Waals surface area contributed by atoms with E-state index >= 15 is 0 Å². The van der Waals surface area contributed by atoms with Gasteiger partial charge in [0.25, 0.3) is 0 Å². The molecule has 0 unspecified atom stereocenters. The van der Waals surface area contributed by atoms with Crippen LogP contribution in [-0.4, -0.2) is 52.5 Å². The van der Waals surface area contributed by atoms with Crippen LogP contribution in [0.15, 0.2) is 35.1 Å². The van der Waals surface area contributed by atoms with Crippen LogP contribution >= 0.6 is 11.5 Å². The summed E-state index contributed by atoms with van der Waals surface area (Å²) in [6.07, 6.45) is 8.03. The van der Waals surface area contributed by atoms with E-state index < -0.39 is 17.6 Å². The number of fused-ring (bicyclic) bond motifs is 2. The molecule has 1 aliphatic carbocycles. The van der Waals surface area contributed by atoms with Gasteiger partial charge in [0.1, 0.15) is 5.76 Å². The molecule has 0 amide bonds. The summed E-state index contributed by atoms with van der Waals surface area (Å²) in [6, 6.07) is 4.97. The van der Waals surface area contributed by atoms with Crippen LogP contribution < -0.4 is 5.73 Å². The second-order valence-corrected chi connectivity index (χ2v) is 10.2. The van der Waals surface area contributed by atoms with E-state index in [1.54, 1.807) is 18.5 Å². The summed E-state index contributed by atoms with van der Waals surface area (Å²) in [4.78, 5) is 28.0. The molecule has 4 aromatic heterocycles. The number of rotatable bonds is 5. The lowest BCUT2D eigenvalue weighted by Crippen LogP contribution is -2.21. The van der Waals surface area contributed by atoms with Gasteiger partial charge >= 0.3 is 11.9 Å². The molecule has 1 aliphatic rings. The zero-order chi connectivity index (χ0) is 27.4. The summed E-state index contributed by atoms with van der Waals surface area (Å²) in [5.74, 6) is -2.46. The molecule has 6 rings (SSSR count). The van der Waals surface area contributed by atoms with E-state index in [9.17, 15) is 30.2 Å². The highest BCUT2D eigenvalue weighted by atomic mass is 32.1. The molecule has 4 heterocycles. The fourth-order valence-corrected chi connectivity index (χ4v) is 6.12. The van der Waals surface area contributed by atoms with Crippen LogP contribution in [0.3, 0.4) is 0 Å². The SMILES string of the molecule is N#Cc1cc(C(=O)O)c2c(C(=O)O)nsc2c1-c1cc2c(-c3cnn(C4CCC(O)CC4)c3)cnc(N)c2o1. The van der Waals surface area contributed by atoms with Gasteiger partial charge in [0, 0.05) is 34.3 Å². The number of nitrogens with two attached hydrogens (primary N) is 1. The van der Waals surface area contributed by atoms with Crippen molar-refractivity contribution < 1.29 is 29.3 Å². The minimum Gasteiger partial charge on any atom is -0.478 e. The van der Waals surface area contributed by atoms with E-state index in [-0.39, 0.29) is 56.1 Å². The lowest BCUT2D eigenvalue weighted by atomic mass is 9.93. The molecule has 13 heteroatoms. The van der Waals surface area contributed by atoms with Crippen LogP contribution in [-0.2, 0) is 0 Å². The average Bonchev–Trinajstić information content (AvgIpc) is 3.67. The summed E-state index contributed by atoms with van der Waals surface area (Å²) < 4.78 is 12.1. The largest absolute Gasteiger partial charge is 0.478 e. The number of aromatic nitrogens is 4. The first-order valence-corrected chi connectivity index (χ1v) is 12.8. The van der Waals surface area contributed by atoms with Crippen LogP contribution in [0, 0.1) is 11.3 Å². The molecule has 12 nitrogen and oxygen atoms in total. The lowest BCUT2D eigenvalue weighted by Gasteiger charge is -2.25. The molecule has 0 aliphatic heterocycles. The number of aromatic carboxylic acids is 2. The number of carboxylic acids is 2. The number of nitrogen functional groups attached to an aromatic ring is 1. The van der Waals surface area contributed by atoms with Gasteiger partial charge < -0.3 is 25.5 Å². The average molecular weight is 545 g/mol. The zero-order valence-corrected chi connectivity index (χ0v) is 21.0. The van der Waals surface area contributed by atoms with Gasteiger partial charge in [-0.15, -0.1) is 0 Å². The van der Waals surface area contributed by atoms with Crippen molar-refractivity contribution in [3.05, 3.63) is 47.5 Å². The quantitative estimate of drug-likeness (QED) is 0.246. The van der Waals surface area contributed by atoms with Crippen molar-refractivity contribution in [1.29, 1.82) is 5.26 Å². The van der Waals surface area contributed by atoms with E-state index in [4.69, 9.17) is 10.2 Å². The van der Waals surface area contributed by atoms with E-state index in [0.29, 0.717) is 10.9 Å². The van der Waals surface area contributed by atoms with Crippen LogP contribution in [0.4, 0.5) is 5.82 Å². The van der Waals surface area contributed by atoms with Crippen molar-refractivity contribution in [2.24, 2.45) is 0 Å². The highest BCUT2D eigenvalue weighted by Crippen LogP contribution is 2.43. The number of carboxylic acid groups (broad SMARTS) is 2. The maximum atomic E-state index is 11.9. The molecule has 5 aromatic rings. The molecule has 0 saturated heterocycles. The van der Waals surface area contributed by atoms with Gasteiger partial charge in [-0.1, -0.05) is 0 Å². The third-order valence-electron chi connectivity index (χ3n) is 7.09. The van der Waals surface area contributed by atoms with Crippen molar-refractivity contribution >= 4 is 50.3 Å². The Morgan fingerprint density at radius 2 is 1.92 bits per heavy atom. The van der Waals surface area contributed by atoms with Gasteiger partial charge in [-0.05, 0) is 49.3 Å². The molecular weight excluding hydrogens is 524 g/mol. The van der Waals surface area contributed by atoms with Crippen molar-refractivity contribution in [3.8, 4) is 28.5 Å². The molecule has 1 fully saturated rings. The first-order valence-electron chi connectivity index (χ1n) is 12.0. The molecule has 1 saturated carbocycles. The molecule has 5 N–H and O–H groups in total. The van der Waals surface area contributed by atoms with Crippen molar-refractivity contribution in [2.45, 2.75) is 37.8 Å². The second-order valence-electron chi connectivity index (χ2n) is 9.39. The Morgan fingerprint density at radius 3 is 2.62 bits per heavy atom. The van der Waals surface area contributed by atoms with Gasteiger partial charge in [0.2, 0.25) is 0 Å². The first-order chi connectivity index (χ1) is 18.8. The van der Waals surface area contributed by atoms with Gasteiger partial charge in [0.15, 0.2) is 17.1 Å². The fourth-order valence-electron chi connectivity index (χ4n) is 5.17. The van der Waals surface area contributed by atoms with E-state index in [2.05, 4.69) is 14.5 Å². The summed E-state index contributed by atoms with van der Waals surface area (Å²) >= 11 is 0.775. The maximum Gasteiger partial charge on any atom is 0.356 e.